The smallest absolute Gasteiger partial charge is 0.148 e. The molecule has 0 atom stereocenters. The summed E-state index contributed by atoms with van der Waals surface area (Å²) in [5.74, 6) is 0.589. The van der Waals surface area contributed by atoms with Gasteiger partial charge in [0.15, 0.2) is 0 Å². The minimum absolute atomic E-state index is 0.573. The molecule has 1 N–H and O–H groups in total. The number of nitriles is 1. The maximum absolute atomic E-state index is 9.19. The Bertz CT molecular complexity index is 626. The van der Waals surface area contributed by atoms with Crippen molar-refractivity contribution in [1.29, 1.82) is 5.26 Å². The average Bonchev–Trinajstić information content (AvgIpc) is 2.31. The van der Waals surface area contributed by atoms with Gasteiger partial charge in [-0.1, -0.05) is 0 Å². The van der Waals surface area contributed by atoms with Crippen molar-refractivity contribution in [2.75, 3.05) is 5.32 Å². The van der Waals surface area contributed by atoms with Crippen LogP contribution in [-0.4, -0.2) is 9.97 Å². The van der Waals surface area contributed by atoms with Crippen molar-refractivity contribution in [2.24, 2.45) is 0 Å². The highest BCUT2D eigenvalue weighted by Gasteiger charge is 2.09. The van der Waals surface area contributed by atoms with Crippen molar-refractivity contribution < 1.29 is 0 Å². The van der Waals surface area contributed by atoms with E-state index in [1.165, 1.54) is 0 Å². The average molecular weight is 238 g/mol. The minimum Gasteiger partial charge on any atom is -0.338 e. The van der Waals surface area contributed by atoms with E-state index in [1.807, 2.05) is 39.0 Å². The summed E-state index contributed by atoms with van der Waals surface area (Å²) in [7, 11) is 0. The van der Waals surface area contributed by atoms with Gasteiger partial charge >= 0.3 is 0 Å². The fourth-order valence-corrected chi connectivity index (χ4v) is 1.81. The van der Waals surface area contributed by atoms with Crippen molar-refractivity contribution in [3.63, 3.8) is 0 Å². The Hall–Kier alpha value is -2.41. The summed E-state index contributed by atoms with van der Waals surface area (Å²) in [5.41, 5.74) is 4.13. The lowest BCUT2D eigenvalue weighted by Crippen LogP contribution is -2.02. The Morgan fingerprint density at radius 3 is 2.72 bits per heavy atom. The molecule has 0 aliphatic heterocycles. The Morgan fingerprint density at radius 1 is 1.28 bits per heavy atom. The molecule has 2 rings (SSSR count). The molecule has 2 aromatic rings. The van der Waals surface area contributed by atoms with Crippen LogP contribution in [0.25, 0.3) is 0 Å². The van der Waals surface area contributed by atoms with Gasteiger partial charge in [0, 0.05) is 11.9 Å². The summed E-state index contributed by atoms with van der Waals surface area (Å²) < 4.78 is 0. The number of nitrogens with zero attached hydrogens (tertiary/aromatic N) is 3. The van der Waals surface area contributed by atoms with Gasteiger partial charge in [-0.2, -0.15) is 5.26 Å². The maximum atomic E-state index is 9.19. The first kappa shape index (κ1) is 12.1. The summed E-state index contributed by atoms with van der Waals surface area (Å²) in [6, 6.07) is 7.86. The first-order valence-electron chi connectivity index (χ1n) is 5.69. The predicted molar refractivity (Wildman–Crippen MR) is 70.7 cm³/mol. The van der Waals surface area contributed by atoms with Crippen molar-refractivity contribution in [3.05, 3.63) is 46.9 Å². The molecule has 90 valence electrons. The van der Waals surface area contributed by atoms with Gasteiger partial charge in [-0.05, 0) is 44.5 Å². The normalized spacial score (nSPS) is 9.89. The molecule has 4 nitrogen and oxygen atoms in total. The molecule has 2 aromatic heterocycles. The fraction of sp³-hybridized carbons (Fsp3) is 0.214. The topological polar surface area (TPSA) is 61.6 Å². The van der Waals surface area contributed by atoms with Crippen LogP contribution in [0, 0.1) is 32.1 Å². The number of rotatable bonds is 2. The number of anilines is 2. The van der Waals surface area contributed by atoms with Crippen molar-refractivity contribution in [1.82, 2.24) is 9.97 Å². The third-order valence-corrected chi connectivity index (χ3v) is 2.72. The Balaban J connectivity index is 2.47. The molecular formula is C14H14N4. The SMILES string of the molecule is Cc1cc(C)c(C#N)c(Nc2cccnc2C)n1. The highest BCUT2D eigenvalue weighted by Crippen LogP contribution is 2.23. The molecule has 0 aliphatic rings. The number of hydrogen-bond acceptors (Lipinski definition) is 4. The third kappa shape index (κ3) is 2.30. The maximum Gasteiger partial charge on any atom is 0.148 e. The van der Waals surface area contributed by atoms with Crippen LogP contribution in [0.4, 0.5) is 11.5 Å². The highest BCUT2D eigenvalue weighted by molar-refractivity contribution is 5.65. The molecule has 18 heavy (non-hydrogen) atoms. The van der Waals surface area contributed by atoms with Gasteiger partial charge in [-0.25, -0.2) is 4.98 Å². The molecular weight excluding hydrogens is 224 g/mol. The summed E-state index contributed by atoms with van der Waals surface area (Å²) in [5, 5.41) is 12.4. The number of nitrogens with one attached hydrogen (secondary N) is 1. The first-order valence-corrected chi connectivity index (χ1v) is 5.69. The lowest BCUT2D eigenvalue weighted by molar-refractivity contribution is 1.14. The van der Waals surface area contributed by atoms with Crippen LogP contribution in [0.1, 0.15) is 22.5 Å². The quantitative estimate of drug-likeness (QED) is 0.873. The molecule has 0 saturated carbocycles. The van der Waals surface area contributed by atoms with Crippen molar-refractivity contribution >= 4 is 11.5 Å². The van der Waals surface area contributed by atoms with Gasteiger partial charge in [0.25, 0.3) is 0 Å². The van der Waals surface area contributed by atoms with E-state index in [4.69, 9.17) is 0 Å². The number of hydrogen-bond donors (Lipinski definition) is 1. The minimum atomic E-state index is 0.573. The number of aromatic nitrogens is 2. The molecule has 0 radical (unpaired) electrons. The first-order chi connectivity index (χ1) is 8.61. The van der Waals surface area contributed by atoms with E-state index in [0.29, 0.717) is 11.4 Å². The Labute approximate surface area is 106 Å². The molecule has 0 fully saturated rings. The summed E-state index contributed by atoms with van der Waals surface area (Å²) >= 11 is 0. The molecule has 0 saturated heterocycles. The second-order valence-corrected chi connectivity index (χ2v) is 4.18. The standard InChI is InChI=1S/C14H14N4/c1-9-7-10(2)17-14(12(9)8-15)18-13-5-4-6-16-11(13)3/h4-7H,1-3H3,(H,17,18). The van der Waals surface area contributed by atoms with Gasteiger partial charge in [0.2, 0.25) is 0 Å². The lowest BCUT2D eigenvalue weighted by atomic mass is 10.1. The Kier molecular flexibility index (Phi) is 3.24. The van der Waals surface area contributed by atoms with Crippen molar-refractivity contribution in [3.8, 4) is 6.07 Å². The van der Waals surface area contributed by atoms with E-state index < -0.39 is 0 Å². The zero-order valence-electron chi connectivity index (χ0n) is 10.7. The molecule has 0 aromatic carbocycles. The molecule has 0 bridgehead atoms. The van der Waals surface area contributed by atoms with E-state index >= 15 is 0 Å². The monoisotopic (exact) mass is 238 g/mol. The van der Waals surface area contributed by atoms with Crippen LogP contribution in [0.3, 0.4) is 0 Å². The van der Waals surface area contributed by atoms with Crippen LogP contribution in [0.5, 0.6) is 0 Å². The molecule has 4 heteroatoms. The number of pyridine rings is 2. The van der Waals surface area contributed by atoms with Gasteiger partial charge < -0.3 is 5.32 Å². The largest absolute Gasteiger partial charge is 0.338 e. The van der Waals surface area contributed by atoms with Crippen LogP contribution >= 0.6 is 0 Å². The predicted octanol–water partition coefficient (Wildman–Crippen LogP) is 3.02. The molecule has 0 unspecified atom stereocenters. The summed E-state index contributed by atoms with van der Waals surface area (Å²) in [4.78, 5) is 8.58. The zero-order valence-corrected chi connectivity index (χ0v) is 10.7. The second kappa shape index (κ2) is 4.84. The highest BCUT2D eigenvalue weighted by atomic mass is 15.0. The van der Waals surface area contributed by atoms with Crippen LogP contribution in [0.2, 0.25) is 0 Å². The second-order valence-electron chi connectivity index (χ2n) is 4.18. The lowest BCUT2D eigenvalue weighted by Gasteiger charge is -2.11. The van der Waals surface area contributed by atoms with E-state index in [1.54, 1.807) is 6.20 Å². The third-order valence-electron chi connectivity index (χ3n) is 2.72. The Morgan fingerprint density at radius 2 is 2.06 bits per heavy atom. The molecule has 0 aliphatic carbocycles. The van der Waals surface area contributed by atoms with Gasteiger partial charge in [0.05, 0.1) is 16.9 Å². The van der Waals surface area contributed by atoms with Crippen molar-refractivity contribution in [2.45, 2.75) is 20.8 Å². The molecule has 2 heterocycles. The van der Waals surface area contributed by atoms with Crippen LogP contribution < -0.4 is 5.32 Å². The fourth-order valence-electron chi connectivity index (χ4n) is 1.81. The van der Waals surface area contributed by atoms with E-state index in [0.717, 1.165) is 22.6 Å². The molecule has 0 spiro atoms. The zero-order chi connectivity index (χ0) is 13.1. The summed E-state index contributed by atoms with van der Waals surface area (Å²) in [6.45, 7) is 5.74. The van der Waals surface area contributed by atoms with E-state index in [-0.39, 0.29) is 0 Å². The van der Waals surface area contributed by atoms with Gasteiger partial charge in [-0.15, -0.1) is 0 Å². The molecule has 0 amide bonds. The van der Waals surface area contributed by atoms with E-state index in [2.05, 4.69) is 21.4 Å². The van der Waals surface area contributed by atoms with Crippen LogP contribution in [0.15, 0.2) is 24.4 Å². The van der Waals surface area contributed by atoms with E-state index in [9.17, 15) is 5.26 Å². The van der Waals surface area contributed by atoms with Crippen LogP contribution in [-0.2, 0) is 0 Å². The number of aryl methyl sites for hydroxylation is 3. The summed E-state index contributed by atoms with van der Waals surface area (Å²) in [6.07, 6.45) is 1.74. The van der Waals surface area contributed by atoms with Gasteiger partial charge in [0.1, 0.15) is 11.9 Å². The van der Waals surface area contributed by atoms with Gasteiger partial charge in [-0.3, -0.25) is 4.98 Å².